The van der Waals surface area contributed by atoms with Crippen molar-refractivity contribution in [1.82, 2.24) is 0 Å². The fourth-order valence-corrected chi connectivity index (χ4v) is 2.29. The summed E-state index contributed by atoms with van der Waals surface area (Å²) in [6.45, 7) is 0.715. The lowest BCUT2D eigenvalue weighted by molar-refractivity contribution is 0.0695. The molecule has 0 aliphatic carbocycles. The highest BCUT2D eigenvalue weighted by Crippen LogP contribution is 2.34. The third-order valence-electron chi connectivity index (χ3n) is 1.89. The Bertz CT molecular complexity index is 316. The van der Waals surface area contributed by atoms with Crippen LogP contribution in [0.2, 0.25) is 0 Å². The molecule has 0 bridgehead atoms. The molecule has 1 aliphatic heterocycles. The van der Waals surface area contributed by atoms with E-state index in [2.05, 4.69) is 0 Å². The quantitative estimate of drug-likeness (QED) is 0.723. The predicted octanol–water partition coefficient (Wildman–Crippen LogP) is 1.77. The van der Waals surface area contributed by atoms with Crippen LogP contribution in [0.1, 0.15) is 22.3 Å². The molecule has 0 fully saturated rings. The van der Waals surface area contributed by atoms with Gasteiger partial charge in [0, 0.05) is 10.9 Å². The topological polar surface area (TPSA) is 46.5 Å². The smallest absolute Gasteiger partial charge is 0.336 e. The molecule has 0 saturated heterocycles. The number of carbonyl (C=O) groups is 1. The normalized spacial score (nSPS) is 15.0. The molecule has 0 aromatic carbocycles. The van der Waals surface area contributed by atoms with Gasteiger partial charge in [0.2, 0.25) is 0 Å². The standard InChI is InChI=1S/C8H8O3S/c9-7(10)6-4-12-8-5(6)2-1-3-11-8/h4H,1-3H2,(H,9,10). The number of hydrogen-bond acceptors (Lipinski definition) is 3. The second kappa shape index (κ2) is 2.79. The first-order chi connectivity index (χ1) is 5.79. The summed E-state index contributed by atoms with van der Waals surface area (Å²) in [4.78, 5) is 10.7. The molecule has 2 rings (SSSR count). The minimum absolute atomic E-state index is 0.412. The highest BCUT2D eigenvalue weighted by Gasteiger charge is 2.20. The van der Waals surface area contributed by atoms with Gasteiger partial charge in [0.1, 0.15) is 0 Å². The Balaban J connectivity index is 2.44. The average molecular weight is 184 g/mol. The van der Waals surface area contributed by atoms with Crippen LogP contribution in [0.4, 0.5) is 0 Å². The maximum atomic E-state index is 10.7. The van der Waals surface area contributed by atoms with Gasteiger partial charge in [-0.15, -0.1) is 11.3 Å². The van der Waals surface area contributed by atoms with Gasteiger partial charge >= 0.3 is 5.97 Å². The Hall–Kier alpha value is -1.03. The molecule has 0 unspecified atom stereocenters. The van der Waals surface area contributed by atoms with Crippen LogP contribution in [-0.2, 0) is 6.42 Å². The molecule has 0 saturated carbocycles. The summed E-state index contributed by atoms with van der Waals surface area (Å²) >= 11 is 1.38. The van der Waals surface area contributed by atoms with Gasteiger partial charge in [0.05, 0.1) is 12.2 Å². The fraction of sp³-hybridized carbons (Fsp3) is 0.375. The molecule has 1 aromatic rings. The van der Waals surface area contributed by atoms with Crippen molar-refractivity contribution in [1.29, 1.82) is 0 Å². The highest BCUT2D eigenvalue weighted by atomic mass is 32.1. The van der Waals surface area contributed by atoms with Crippen LogP contribution < -0.4 is 4.74 Å². The molecular weight excluding hydrogens is 176 g/mol. The first-order valence-electron chi connectivity index (χ1n) is 3.75. The van der Waals surface area contributed by atoms with E-state index in [1.54, 1.807) is 5.38 Å². The zero-order valence-electron chi connectivity index (χ0n) is 6.37. The molecule has 1 aliphatic rings. The molecule has 0 amide bonds. The molecule has 0 spiro atoms. The Morgan fingerprint density at radius 1 is 1.67 bits per heavy atom. The van der Waals surface area contributed by atoms with Crippen molar-refractivity contribution in [3.8, 4) is 5.06 Å². The summed E-state index contributed by atoms with van der Waals surface area (Å²) in [5, 5.41) is 11.2. The van der Waals surface area contributed by atoms with Gasteiger partial charge in [-0.1, -0.05) is 0 Å². The molecule has 1 aromatic heterocycles. The van der Waals surface area contributed by atoms with Crippen LogP contribution in [0.15, 0.2) is 5.38 Å². The summed E-state index contributed by atoms with van der Waals surface area (Å²) in [6.07, 6.45) is 1.75. The average Bonchev–Trinajstić information content (AvgIpc) is 2.47. The summed E-state index contributed by atoms with van der Waals surface area (Å²) in [5.74, 6) is -0.849. The molecular formula is C8H8O3S. The Labute approximate surface area is 73.6 Å². The molecule has 3 nitrogen and oxygen atoms in total. The van der Waals surface area contributed by atoms with Gasteiger partial charge in [0.25, 0.3) is 0 Å². The van der Waals surface area contributed by atoms with Crippen molar-refractivity contribution in [2.75, 3.05) is 6.61 Å². The van der Waals surface area contributed by atoms with E-state index >= 15 is 0 Å². The molecule has 64 valence electrons. The Morgan fingerprint density at radius 3 is 3.25 bits per heavy atom. The lowest BCUT2D eigenvalue weighted by Crippen LogP contribution is -2.09. The first kappa shape index (κ1) is 7.61. The van der Waals surface area contributed by atoms with Crippen molar-refractivity contribution < 1.29 is 14.6 Å². The summed E-state index contributed by atoms with van der Waals surface area (Å²) in [5.41, 5.74) is 1.29. The van der Waals surface area contributed by atoms with Crippen LogP contribution in [0.5, 0.6) is 5.06 Å². The van der Waals surface area contributed by atoms with Crippen molar-refractivity contribution in [3.05, 3.63) is 16.5 Å². The zero-order valence-corrected chi connectivity index (χ0v) is 7.19. The number of carboxylic acids is 1. The summed E-state index contributed by atoms with van der Waals surface area (Å²) < 4.78 is 5.31. The van der Waals surface area contributed by atoms with Crippen molar-refractivity contribution in [2.24, 2.45) is 0 Å². The third kappa shape index (κ3) is 1.08. The highest BCUT2D eigenvalue weighted by molar-refractivity contribution is 7.12. The Kier molecular flexibility index (Phi) is 1.77. The van der Waals surface area contributed by atoms with Gasteiger partial charge in [-0.3, -0.25) is 0 Å². The summed E-state index contributed by atoms with van der Waals surface area (Å²) in [7, 11) is 0. The van der Waals surface area contributed by atoms with Crippen LogP contribution in [0, 0.1) is 0 Å². The van der Waals surface area contributed by atoms with E-state index in [9.17, 15) is 4.79 Å². The van der Waals surface area contributed by atoms with Gasteiger partial charge in [-0.25, -0.2) is 4.79 Å². The largest absolute Gasteiger partial charge is 0.484 e. The monoisotopic (exact) mass is 184 g/mol. The van der Waals surface area contributed by atoms with E-state index in [0.717, 1.165) is 23.5 Å². The number of ether oxygens (including phenoxy) is 1. The van der Waals surface area contributed by atoms with Crippen LogP contribution >= 0.6 is 11.3 Å². The van der Waals surface area contributed by atoms with E-state index < -0.39 is 5.97 Å². The zero-order chi connectivity index (χ0) is 8.55. The second-order valence-corrected chi connectivity index (χ2v) is 3.51. The minimum atomic E-state index is -0.849. The van der Waals surface area contributed by atoms with E-state index in [1.165, 1.54) is 11.3 Å². The number of rotatable bonds is 1. The first-order valence-corrected chi connectivity index (χ1v) is 4.63. The molecule has 0 atom stereocenters. The SMILES string of the molecule is O=C(O)c1csc2c1CCCO2. The molecule has 4 heteroatoms. The second-order valence-electron chi connectivity index (χ2n) is 2.67. The van der Waals surface area contributed by atoms with Crippen LogP contribution in [0.3, 0.4) is 0 Å². The number of aromatic carboxylic acids is 1. The van der Waals surface area contributed by atoms with E-state index in [0.29, 0.717) is 12.2 Å². The maximum absolute atomic E-state index is 10.7. The van der Waals surface area contributed by atoms with Crippen molar-refractivity contribution in [3.63, 3.8) is 0 Å². The number of fused-ring (bicyclic) bond motifs is 1. The van der Waals surface area contributed by atoms with E-state index in [4.69, 9.17) is 9.84 Å². The molecule has 12 heavy (non-hydrogen) atoms. The third-order valence-corrected chi connectivity index (χ3v) is 2.82. The number of thiophene rings is 1. The maximum Gasteiger partial charge on any atom is 0.336 e. The van der Waals surface area contributed by atoms with Gasteiger partial charge in [-0.2, -0.15) is 0 Å². The van der Waals surface area contributed by atoms with Crippen LogP contribution in [-0.4, -0.2) is 17.7 Å². The lowest BCUT2D eigenvalue weighted by Gasteiger charge is -2.12. The van der Waals surface area contributed by atoms with Crippen molar-refractivity contribution >= 4 is 17.3 Å². The van der Waals surface area contributed by atoms with Gasteiger partial charge in [-0.05, 0) is 12.8 Å². The van der Waals surface area contributed by atoms with Crippen molar-refractivity contribution in [2.45, 2.75) is 12.8 Å². The van der Waals surface area contributed by atoms with E-state index in [-0.39, 0.29) is 0 Å². The van der Waals surface area contributed by atoms with Gasteiger partial charge in [0.15, 0.2) is 5.06 Å². The van der Waals surface area contributed by atoms with Crippen LogP contribution in [0.25, 0.3) is 0 Å². The minimum Gasteiger partial charge on any atom is -0.484 e. The number of carboxylic acid groups (broad SMARTS) is 1. The summed E-state index contributed by atoms with van der Waals surface area (Å²) in [6, 6.07) is 0. The molecule has 0 radical (unpaired) electrons. The Morgan fingerprint density at radius 2 is 2.50 bits per heavy atom. The fourth-order valence-electron chi connectivity index (χ4n) is 1.32. The predicted molar refractivity (Wildman–Crippen MR) is 45.1 cm³/mol. The molecule has 2 heterocycles. The molecule has 1 N–H and O–H groups in total. The lowest BCUT2D eigenvalue weighted by atomic mass is 10.1. The van der Waals surface area contributed by atoms with Gasteiger partial charge < -0.3 is 9.84 Å². The number of hydrogen-bond donors (Lipinski definition) is 1. The van der Waals surface area contributed by atoms with E-state index in [1.807, 2.05) is 0 Å².